The number of carbonyl (C=O) groups excluding carboxylic acids is 1. The van der Waals surface area contributed by atoms with E-state index in [9.17, 15) is 9.59 Å². The van der Waals surface area contributed by atoms with Gasteiger partial charge in [0.1, 0.15) is 13.2 Å². The SMILES string of the molecule is CC(C)CN(CC(=O)O)C(=O)COCC1CC1. The van der Waals surface area contributed by atoms with E-state index in [2.05, 4.69) is 0 Å². The van der Waals surface area contributed by atoms with E-state index in [-0.39, 0.29) is 25.0 Å². The van der Waals surface area contributed by atoms with Gasteiger partial charge in [-0.05, 0) is 24.7 Å². The Bertz CT molecular complexity index is 274. The van der Waals surface area contributed by atoms with Crippen LogP contribution in [0.2, 0.25) is 0 Å². The minimum absolute atomic E-state index is 0.00347. The first-order valence-corrected chi connectivity index (χ1v) is 6.06. The van der Waals surface area contributed by atoms with E-state index in [0.29, 0.717) is 19.1 Å². The quantitative estimate of drug-likeness (QED) is 0.690. The van der Waals surface area contributed by atoms with Crippen LogP contribution in [-0.2, 0) is 14.3 Å². The van der Waals surface area contributed by atoms with Gasteiger partial charge < -0.3 is 14.7 Å². The summed E-state index contributed by atoms with van der Waals surface area (Å²) in [5.74, 6) is -0.356. The van der Waals surface area contributed by atoms with Crippen LogP contribution in [0.5, 0.6) is 0 Å². The van der Waals surface area contributed by atoms with E-state index in [1.165, 1.54) is 17.7 Å². The molecule has 1 fully saturated rings. The molecule has 0 unspecified atom stereocenters. The van der Waals surface area contributed by atoms with Crippen LogP contribution in [0.4, 0.5) is 0 Å². The van der Waals surface area contributed by atoms with E-state index in [1.54, 1.807) is 0 Å². The van der Waals surface area contributed by atoms with Crippen molar-refractivity contribution in [2.24, 2.45) is 11.8 Å². The third-order valence-electron chi connectivity index (χ3n) is 2.54. The third kappa shape index (κ3) is 6.26. The predicted octanol–water partition coefficient (Wildman–Crippen LogP) is 0.982. The highest BCUT2D eigenvalue weighted by atomic mass is 16.5. The van der Waals surface area contributed by atoms with Gasteiger partial charge in [0, 0.05) is 6.54 Å². The first kappa shape index (κ1) is 14.0. The van der Waals surface area contributed by atoms with Gasteiger partial charge in [0.15, 0.2) is 0 Å². The number of nitrogens with zero attached hydrogens (tertiary/aromatic N) is 1. The number of hydrogen-bond acceptors (Lipinski definition) is 3. The average molecular weight is 243 g/mol. The van der Waals surface area contributed by atoms with E-state index in [0.717, 1.165) is 0 Å². The Kier molecular flexibility index (Phi) is 5.41. The van der Waals surface area contributed by atoms with Crippen LogP contribution in [0.3, 0.4) is 0 Å². The van der Waals surface area contributed by atoms with Gasteiger partial charge in [-0.3, -0.25) is 9.59 Å². The van der Waals surface area contributed by atoms with Crippen LogP contribution < -0.4 is 0 Å². The van der Waals surface area contributed by atoms with Gasteiger partial charge in [-0.15, -0.1) is 0 Å². The number of carboxylic acids is 1. The standard InChI is InChI=1S/C12H21NO4/c1-9(2)5-13(6-12(15)16)11(14)8-17-7-10-3-4-10/h9-10H,3-8H2,1-2H3,(H,15,16). The van der Waals surface area contributed by atoms with Gasteiger partial charge in [0.2, 0.25) is 5.91 Å². The first-order chi connectivity index (χ1) is 7.99. The highest BCUT2D eigenvalue weighted by Crippen LogP contribution is 2.28. The van der Waals surface area contributed by atoms with E-state index in [4.69, 9.17) is 9.84 Å². The summed E-state index contributed by atoms with van der Waals surface area (Å²) in [5.41, 5.74) is 0. The zero-order valence-corrected chi connectivity index (χ0v) is 10.5. The summed E-state index contributed by atoms with van der Waals surface area (Å²) in [6, 6.07) is 0. The molecule has 0 aromatic heterocycles. The molecule has 1 amide bonds. The summed E-state index contributed by atoms with van der Waals surface area (Å²) in [7, 11) is 0. The zero-order chi connectivity index (χ0) is 12.8. The molecule has 1 aliphatic carbocycles. The second kappa shape index (κ2) is 6.59. The van der Waals surface area contributed by atoms with Gasteiger partial charge in [-0.1, -0.05) is 13.8 Å². The summed E-state index contributed by atoms with van der Waals surface area (Å²) in [6.07, 6.45) is 2.36. The Labute approximate surface area is 102 Å². The molecule has 0 aliphatic heterocycles. The number of aliphatic carboxylic acids is 1. The maximum atomic E-state index is 11.8. The summed E-state index contributed by atoms with van der Waals surface area (Å²) in [6.45, 7) is 4.73. The van der Waals surface area contributed by atoms with Crippen LogP contribution >= 0.6 is 0 Å². The van der Waals surface area contributed by atoms with Crippen LogP contribution in [-0.4, -0.2) is 48.2 Å². The minimum Gasteiger partial charge on any atom is -0.480 e. The van der Waals surface area contributed by atoms with Crippen molar-refractivity contribution in [2.75, 3.05) is 26.3 Å². The molecule has 0 atom stereocenters. The minimum atomic E-state index is -0.985. The molecule has 0 bridgehead atoms. The molecular formula is C12H21NO4. The topological polar surface area (TPSA) is 66.8 Å². The summed E-state index contributed by atoms with van der Waals surface area (Å²) in [5, 5.41) is 8.73. The molecule has 1 saturated carbocycles. The Morgan fingerprint density at radius 2 is 2.06 bits per heavy atom. The Morgan fingerprint density at radius 1 is 1.41 bits per heavy atom. The molecular weight excluding hydrogens is 222 g/mol. The molecule has 1 N–H and O–H groups in total. The van der Waals surface area contributed by atoms with Crippen molar-refractivity contribution in [1.29, 1.82) is 0 Å². The maximum Gasteiger partial charge on any atom is 0.323 e. The van der Waals surface area contributed by atoms with Crippen LogP contribution in [0.15, 0.2) is 0 Å². The number of carboxylic acid groups (broad SMARTS) is 1. The molecule has 0 aromatic carbocycles. The first-order valence-electron chi connectivity index (χ1n) is 6.06. The lowest BCUT2D eigenvalue weighted by molar-refractivity contribution is -0.147. The molecule has 0 saturated heterocycles. The highest BCUT2D eigenvalue weighted by Gasteiger charge is 2.23. The van der Waals surface area contributed by atoms with Gasteiger partial charge in [0.25, 0.3) is 0 Å². The van der Waals surface area contributed by atoms with Crippen LogP contribution in [0.1, 0.15) is 26.7 Å². The number of rotatable bonds is 8. The van der Waals surface area contributed by atoms with Crippen molar-refractivity contribution in [3.63, 3.8) is 0 Å². The lowest BCUT2D eigenvalue weighted by Gasteiger charge is -2.22. The van der Waals surface area contributed by atoms with E-state index < -0.39 is 5.97 Å². The normalized spacial score (nSPS) is 15.0. The van der Waals surface area contributed by atoms with Crippen molar-refractivity contribution in [3.8, 4) is 0 Å². The zero-order valence-electron chi connectivity index (χ0n) is 10.5. The molecule has 5 nitrogen and oxygen atoms in total. The lowest BCUT2D eigenvalue weighted by Crippen LogP contribution is -2.40. The fourth-order valence-corrected chi connectivity index (χ4v) is 1.55. The van der Waals surface area contributed by atoms with Crippen molar-refractivity contribution in [2.45, 2.75) is 26.7 Å². The number of ether oxygens (including phenoxy) is 1. The van der Waals surface area contributed by atoms with E-state index >= 15 is 0 Å². The Balaban J connectivity index is 2.31. The largest absolute Gasteiger partial charge is 0.480 e. The molecule has 0 aromatic rings. The van der Waals surface area contributed by atoms with Gasteiger partial charge in [-0.25, -0.2) is 0 Å². The lowest BCUT2D eigenvalue weighted by atomic mass is 10.2. The number of hydrogen-bond donors (Lipinski definition) is 1. The average Bonchev–Trinajstić information content (AvgIpc) is 2.99. The van der Waals surface area contributed by atoms with Crippen LogP contribution in [0.25, 0.3) is 0 Å². The molecule has 1 aliphatic rings. The molecule has 17 heavy (non-hydrogen) atoms. The summed E-state index contributed by atoms with van der Waals surface area (Å²) in [4.78, 5) is 23.8. The summed E-state index contributed by atoms with van der Waals surface area (Å²) < 4.78 is 5.28. The second-order valence-electron chi connectivity index (χ2n) is 5.02. The maximum absolute atomic E-state index is 11.8. The Morgan fingerprint density at radius 3 is 2.53 bits per heavy atom. The molecule has 5 heteroatoms. The van der Waals surface area contributed by atoms with Crippen molar-refractivity contribution < 1.29 is 19.4 Å². The van der Waals surface area contributed by atoms with Gasteiger partial charge in [0.05, 0.1) is 6.61 Å². The fourth-order valence-electron chi connectivity index (χ4n) is 1.55. The molecule has 0 radical (unpaired) electrons. The van der Waals surface area contributed by atoms with Gasteiger partial charge in [-0.2, -0.15) is 0 Å². The van der Waals surface area contributed by atoms with Crippen molar-refractivity contribution in [3.05, 3.63) is 0 Å². The molecule has 0 heterocycles. The fraction of sp³-hybridized carbons (Fsp3) is 0.833. The predicted molar refractivity (Wildman–Crippen MR) is 62.6 cm³/mol. The van der Waals surface area contributed by atoms with Crippen molar-refractivity contribution in [1.82, 2.24) is 4.90 Å². The molecule has 0 spiro atoms. The van der Waals surface area contributed by atoms with Gasteiger partial charge >= 0.3 is 5.97 Å². The summed E-state index contributed by atoms with van der Waals surface area (Å²) >= 11 is 0. The highest BCUT2D eigenvalue weighted by molar-refractivity contribution is 5.82. The van der Waals surface area contributed by atoms with Crippen LogP contribution in [0, 0.1) is 11.8 Å². The third-order valence-corrected chi connectivity index (χ3v) is 2.54. The Hall–Kier alpha value is -1.10. The number of carbonyl (C=O) groups is 2. The molecule has 98 valence electrons. The monoisotopic (exact) mass is 243 g/mol. The van der Waals surface area contributed by atoms with E-state index in [1.807, 2.05) is 13.8 Å². The number of amides is 1. The smallest absolute Gasteiger partial charge is 0.323 e. The van der Waals surface area contributed by atoms with Crippen molar-refractivity contribution >= 4 is 11.9 Å². The second-order valence-corrected chi connectivity index (χ2v) is 5.02. The molecule has 1 rings (SSSR count).